The van der Waals surface area contributed by atoms with Crippen molar-refractivity contribution >= 4 is 23.3 Å². The summed E-state index contributed by atoms with van der Waals surface area (Å²) in [5.41, 5.74) is 1.92. The van der Waals surface area contributed by atoms with Gasteiger partial charge in [-0.3, -0.25) is 4.79 Å². The number of nitrogens with zero attached hydrogens (tertiary/aromatic N) is 2. The number of nitrogens with one attached hydrogen (secondary N) is 2. The maximum absolute atomic E-state index is 12.1. The fourth-order valence-electron chi connectivity index (χ4n) is 3.09. The van der Waals surface area contributed by atoms with Gasteiger partial charge < -0.3 is 20.4 Å². The number of carbonyl (C=O) groups excluding carboxylic acids is 2. The van der Waals surface area contributed by atoms with E-state index in [1.807, 2.05) is 29.2 Å². The van der Waals surface area contributed by atoms with Crippen LogP contribution in [0.4, 0.5) is 16.2 Å². The number of hydrogen-bond donors (Lipinski definition) is 2. The van der Waals surface area contributed by atoms with Gasteiger partial charge in [-0.1, -0.05) is 34.1 Å². The van der Waals surface area contributed by atoms with E-state index in [0.29, 0.717) is 6.42 Å². The first-order chi connectivity index (χ1) is 12.8. The molecule has 0 spiro atoms. The molecule has 0 aromatic heterocycles. The molecular formula is C21H34N4O2. The van der Waals surface area contributed by atoms with Gasteiger partial charge in [-0.25, -0.2) is 4.79 Å². The molecule has 2 N–H and O–H groups in total. The molecule has 6 heteroatoms. The fraction of sp³-hybridized carbons (Fsp3) is 0.619. The molecule has 3 amide bonds. The number of carbonyl (C=O) groups is 2. The van der Waals surface area contributed by atoms with Crippen molar-refractivity contribution in [1.29, 1.82) is 0 Å². The van der Waals surface area contributed by atoms with E-state index >= 15 is 0 Å². The Labute approximate surface area is 163 Å². The van der Waals surface area contributed by atoms with Crippen LogP contribution in [0.25, 0.3) is 0 Å². The highest BCUT2D eigenvalue weighted by molar-refractivity contribution is 5.91. The molecule has 6 nitrogen and oxygen atoms in total. The molecule has 1 aliphatic heterocycles. The van der Waals surface area contributed by atoms with E-state index in [1.165, 1.54) is 0 Å². The lowest BCUT2D eigenvalue weighted by Gasteiger charge is -2.36. The van der Waals surface area contributed by atoms with Crippen molar-refractivity contribution < 1.29 is 9.59 Å². The first-order valence-electron chi connectivity index (χ1n) is 9.96. The normalized spacial score (nSPS) is 14.8. The minimum Gasteiger partial charge on any atom is -0.368 e. The maximum atomic E-state index is 12.1. The third-order valence-corrected chi connectivity index (χ3v) is 4.58. The van der Waals surface area contributed by atoms with Crippen molar-refractivity contribution in [2.24, 2.45) is 5.41 Å². The van der Waals surface area contributed by atoms with Crippen LogP contribution < -0.4 is 15.5 Å². The summed E-state index contributed by atoms with van der Waals surface area (Å²) >= 11 is 0. The van der Waals surface area contributed by atoms with Crippen molar-refractivity contribution in [3.05, 3.63) is 24.3 Å². The summed E-state index contributed by atoms with van der Waals surface area (Å²) in [6, 6.07) is 7.99. The van der Waals surface area contributed by atoms with Gasteiger partial charge >= 0.3 is 6.03 Å². The highest BCUT2D eigenvalue weighted by Gasteiger charge is 2.21. The van der Waals surface area contributed by atoms with E-state index in [4.69, 9.17) is 0 Å². The lowest BCUT2D eigenvalue weighted by Crippen LogP contribution is -2.52. The summed E-state index contributed by atoms with van der Waals surface area (Å²) in [6.07, 6.45) is 2.60. The minimum atomic E-state index is -0.0213. The van der Waals surface area contributed by atoms with E-state index in [2.05, 4.69) is 43.2 Å². The number of hydrogen-bond acceptors (Lipinski definition) is 3. The molecule has 0 unspecified atom stereocenters. The molecule has 2 rings (SSSR count). The van der Waals surface area contributed by atoms with Crippen LogP contribution in [0.1, 0.15) is 47.0 Å². The molecule has 1 aromatic carbocycles. The Kier molecular flexibility index (Phi) is 7.51. The number of anilines is 2. The molecule has 0 atom stereocenters. The summed E-state index contributed by atoms with van der Waals surface area (Å²) in [7, 11) is 0. The number of amides is 3. The third kappa shape index (κ3) is 7.12. The Bertz CT molecular complexity index is 614. The summed E-state index contributed by atoms with van der Waals surface area (Å²) in [5, 5.41) is 5.93. The minimum absolute atomic E-state index is 0.0213. The van der Waals surface area contributed by atoms with Crippen LogP contribution in [0.3, 0.4) is 0 Å². The van der Waals surface area contributed by atoms with Crippen LogP contribution in [-0.2, 0) is 4.79 Å². The number of benzene rings is 1. The first-order valence-corrected chi connectivity index (χ1v) is 9.96. The Morgan fingerprint density at radius 2 is 1.67 bits per heavy atom. The number of piperazine rings is 1. The van der Waals surface area contributed by atoms with Gasteiger partial charge in [-0.05, 0) is 36.1 Å². The molecule has 0 saturated carbocycles. The zero-order valence-electron chi connectivity index (χ0n) is 17.2. The molecule has 1 aliphatic rings. The van der Waals surface area contributed by atoms with Crippen molar-refractivity contribution in [3.63, 3.8) is 0 Å². The van der Waals surface area contributed by atoms with Crippen LogP contribution in [0.5, 0.6) is 0 Å². The van der Waals surface area contributed by atoms with Gasteiger partial charge in [0.25, 0.3) is 0 Å². The highest BCUT2D eigenvalue weighted by atomic mass is 16.2. The van der Waals surface area contributed by atoms with Crippen LogP contribution in [0.15, 0.2) is 24.3 Å². The summed E-state index contributed by atoms with van der Waals surface area (Å²) < 4.78 is 0. The summed E-state index contributed by atoms with van der Waals surface area (Å²) in [5.74, 6) is 0.0398. The van der Waals surface area contributed by atoms with Crippen molar-refractivity contribution in [2.45, 2.75) is 47.0 Å². The number of unbranched alkanes of at least 4 members (excludes halogenated alkanes) is 1. The smallest absolute Gasteiger partial charge is 0.317 e. The maximum Gasteiger partial charge on any atom is 0.317 e. The standard InChI is InChI=1S/C21H34N4O2/c1-5-6-11-22-20(27)25-14-12-24(13-15-25)18-9-7-17(8-10-18)23-19(26)16-21(2,3)4/h7-10H,5-6,11-16H2,1-4H3,(H,22,27)(H,23,26). The van der Waals surface area contributed by atoms with Crippen LogP contribution in [0, 0.1) is 5.41 Å². The molecule has 0 aliphatic carbocycles. The number of rotatable bonds is 6. The van der Waals surface area contributed by atoms with Crippen molar-refractivity contribution in [2.75, 3.05) is 42.9 Å². The molecule has 150 valence electrons. The molecule has 1 heterocycles. The van der Waals surface area contributed by atoms with Gasteiger partial charge in [-0.15, -0.1) is 0 Å². The monoisotopic (exact) mass is 374 g/mol. The second-order valence-corrected chi connectivity index (χ2v) is 8.39. The van der Waals surface area contributed by atoms with Crippen LogP contribution in [-0.4, -0.2) is 49.6 Å². The molecule has 0 bridgehead atoms. The first kappa shape index (κ1) is 21.1. The second-order valence-electron chi connectivity index (χ2n) is 8.39. The predicted molar refractivity (Wildman–Crippen MR) is 111 cm³/mol. The van der Waals surface area contributed by atoms with Gasteiger partial charge in [0, 0.05) is 50.5 Å². The largest absolute Gasteiger partial charge is 0.368 e. The van der Waals surface area contributed by atoms with Gasteiger partial charge in [-0.2, -0.15) is 0 Å². The van der Waals surface area contributed by atoms with E-state index in [0.717, 1.165) is 56.9 Å². The van der Waals surface area contributed by atoms with Crippen LogP contribution in [0.2, 0.25) is 0 Å². The van der Waals surface area contributed by atoms with E-state index in [1.54, 1.807) is 0 Å². The summed E-state index contributed by atoms with van der Waals surface area (Å²) in [4.78, 5) is 28.3. The van der Waals surface area contributed by atoms with Gasteiger partial charge in [0.2, 0.25) is 5.91 Å². The lowest BCUT2D eigenvalue weighted by molar-refractivity contribution is -0.117. The average Bonchev–Trinajstić information content (AvgIpc) is 2.61. The van der Waals surface area contributed by atoms with Crippen molar-refractivity contribution in [3.8, 4) is 0 Å². The molecular weight excluding hydrogens is 340 g/mol. The van der Waals surface area contributed by atoms with Crippen LogP contribution >= 0.6 is 0 Å². The van der Waals surface area contributed by atoms with E-state index in [-0.39, 0.29) is 17.4 Å². The Morgan fingerprint density at radius 1 is 1.04 bits per heavy atom. The SMILES string of the molecule is CCCCNC(=O)N1CCN(c2ccc(NC(=O)CC(C)(C)C)cc2)CC1. The van der Waals surface area contributed by atoms with Gasteiger partial charge in [0.1, 0.15) is 0 Å². The average molecular weight is 375 g/mol. The molecule has 1 fully saturated rings. The highest BCUT2D eigenvalue weighted by Crippen LogP contribution is 2.22. The molecule has 27 heavy (non-hydrogen) atoms. The second kappa shape index (κ2) is 9.62. The topological polar surface area (TPSA) is 64.7 Å². The van der Waals surface area contributed by atoms with Crippen molar-refractivity contribution in [1.82, 2.24) is 10.2 Å². The van der Waals surface area contributed by atoms with E-state index in [9.17, 15) is 9.59 Å². The zero-order valence-corrected chi connectivity index (χ0v) is 17.2. The Hall–Kier alpha value is -2.24. The Balaban J connectivity index is 1.81. The zero-order chi connectivity index (χ0) is 19.9. The lowest BCUT2D eigenvalue weighted by atomic mass is 9.92. The molecule has 1 aromatic rings. The fourth-order valence-corrected chi connectivity index (χ4v) is 3.09. The quantitative estimate of drug-likeness (QED) is 0.747. The molecule has 0 radical (unpaired) electrons. The van der Waals surface area contributed by atoms with Gasteiger partial charge in [0.15, 0.2) is 0 Å². The third-order valence-electron chi connectivity index (χ3n) is 4.58. The Morgan fingerprint density at radius 3 is 2.22 bits per heavy atom. The summed E-state index contributed by atoms with van der Waals surface area (Å²) in [6.45, 7) is 12.1. The predicted octanol–water partition coefficient (Wildman–Crippen LogP) is 3.69. The van der Waals surface area contributed by atoms with Gasteiger partial charge in [0.05, 0.1) is 0 Å². The number of urea groups is 1. The van der Waals surface area contributed by atoms with E-state index < -0.39 is 0 Å². The molecule has 1 saturated heterocycles.